The molecule has 2 N–H and O–H groups in total. The van der Waals surface area contributed by atoms with E-state index in [0.717, 1.165) is 21.3 Å². The summed E-state index contributed by atoms with van der Waals surface area (Å²) < 4.78 is 11.0. The van der Waals surface area contributed by atoms with Crippen LogP contribution in [-0.2, 0) is 0 Å². The van der Waals surface area contributed by atoms with Crippen LogP contribution >= 0.6 is 35.0 Å². The lowest BCUT2D eigenvalue weighted by Crippen LogP contribution is -2.15. The number of rotatable bonds is 2. The third-order valence-corrected chi connectivity index (χ3v) is 4.58. The molecule has 3 nitrogen and oxygen atoms in total. The van der Waals surface area contributed by atoms with E-state index >= 15 is 0 Å². The first-order valence-corrected chi connectivity index (χ1v) is 7.53. The number of benzene rings is 2. The molecule has 6 heteroatoms. The quantitative estimate of drug-likeness (QED) is 0.825. The summed E-state index contributed by atoms with van der Waals surface area (Å²) in [5, 5.41) is 0.941. The normalized spacial score (nSPS) is 13.3. The van der Waals surface area contributed by atoms with Gasteiger partial charge in [-0.05, 0) is 30.3 Å². The third kappa shape index (κ3) is 2.77. The average molecular weight is 328 g/mol. The van der Waals surface area contributed by atoms with Crippen LogP contribution in [0.25, 0.3) is 0 Å². The van der Waals surface area contributed by atoms with Crippen LogP contribution in [0, 0.1) is 0 Å². The van der Waals surface area contributed by atoms with E-state index in [9.17, 15) is 0 Å². The highest BCUT2D eigenvalue weighted by atomic mass is 35.5. The van der Waals surface area contributed by atoms with Crippen LogP contribution in [0.15, 0.2) is 40.1 Å². The molecule has 1 aliphatic heterocycles. The van der Waals surface area contributed by atoms with Crippen LogP contribution < -0.4 is 15.2 Å². The van der Waals surface area contributed by atoms with Gasteiger partial charge in [-0.3, -0.25) is 0 Å². The van der Waals surface area contributed by atoms with E-state index in [-0.39, 0.29) is 0 Å². The van der Waals surface area contributed by atoms with Crippen molar-refractivity contribution in [1.82, 2.24) is 0 Å². The molecule has 0 aromatic heterocycles. The molecule has 0 fully saturated rings. The molecule has 0 spiro atoms. The van der Waals surface area contributed by atoms with Gasteiger partial charge in [0.1, 0.15) is 13.2 Å². The van der Waals surface area contributed by atoms with Crippen molar-refractivity contribution in [3.63, 3.8) is 0 Å². The summed E-state index contributed by atoms with van der Waals surface area (Å²) in [4.78, 5) is 1.86. The molecule has 0 bridgehead atoms. The molecular weight excluding hydrogens is 317 g/mol. The highest BCUT2D eigenvalue weighted by Crippen LogP contribution is 2.40. The average Bonchev–Trinajstić information content (AvgIpc) is 2.44. The molecule has 0 radical (unpaired) electrons. The van der Waals surface area contributed by atoms with Gasteiger partial charge in [-0.2, -0.15) is 0 Å². The molecule has 0 atom stereocenters. The summed E-state index contributed by atoms with van der Waals surface area (Å²) in [6, 6.07) is 9.21. The molecule has 3 rings (SSSR count). The summed E-state index contributed by atoms with van der Waals surface area (Å²) in [7, 11) is 0. The van der Waals surface area contributed by atoms with E-state index < -0.39 is 0 Å². The minimum Gasteiger partial charge on any atom is -0.486 e. The number of hydrogen-bond donors (Lipinski definition) is 1. The van der Waals surface area contributed by atoms with Crippen LogP contribution in [0.1, 0.15) is 0 Å². The van der Waals surface area contributed by atoms with Crippen molar-refractivity contribution >= 4 is 40.7 Å². The maximum absolute atomic E-state index is 6.02. The topological polar surface area (TPSA) is 44.5 Å². The van der Waals surface area contributed by atoms with Gasteiger partial charge in [0.05, 0.1) is 10.0 Å². The van der Waals surface area contributed by atoms with E-state index in [4.69, 9.17) is 38.4 Å². The Bertz CT molecular complexity index is 664. The van der Waals surface area contributed by atoms with E-state index in [1.165, 1.54) is 11.8 Å². The largest absolute Gasteiger partial charge is 0.486 e. The van der Waals surface area contributed by atoms with E-state index in [2.05, 4.69) is 0 Å². The fourth-order valence-electron chi connectivity index (χ4n) is 1.85. The minimum atomic E-state index is 0.454. The smallest absolute Gasteiger partial charge is 0.162 e. The molecule has 0 aliphatic carbocycles. The highest BCUT2D eigenvalue weighted by molar-refractivity contribution is 7.99. The zero-order valence-corrected chi connectivity index (χ0v) is 12.7. The van der Waals surface area contributed by atoms with Crippen molar-refractivity contribution < 1.29 is 9.47 Å². The number of fused-ring (bicyclic) bond motifs is 1. The molecular formula is C14H11Cl2NO2S. The zero-order valence-electron chi connectivity index (χ0n) is 10.4. The van der Waals surface area contributed by atoms with Crippen LogP contribution in [0.3, 0.4) is 0 Å². The number of nitrogens with two attached hydrogens (primary N) is 1. The number of ether oxygens (including phenoxy) is 2. The predicted molar refractivity (Wildman–Crippen MR) is 82.4 cm³/mol. The first kappa shape index (κ1) is 13.7. The second-order valence-corrected chi connectivity index (χ2v) is 6.14. The van der Waals surface area contributed by atoms with E-state index in [1.807, 2.05) is 18.2 Å². The minimum absolute atomic E-state index is 0.454. The second kappa shape index (κ2) is 5.64. The van der Waals surface area contributed by atoms with Crippen molar-refractivity contribution in [1.29, 1.82) is 0 Å². The number of anilines is 1. The molecule has 2 aromatic carbocycles. The van der Waals surface area contributed by atoms with Crippen molar-refractivity contribution in [3.8, 4) is 11.5 Å². The van der Waals surface area contributed by atoms with Gasteiger partial charge in [0.15, 0.2) is 11.5 Å². The lowest BCUT2D eigenvalue weighted by molar-refractivity contribution is 0.171. The van der Waals surface area contributed by atoms with Gasteiger partial charge < -0.3 is 15.2 Å². The Morgan fingerprint density at radius 2 is 1.65 bits per heavy atom. The number of halogens is 2. The Hall–Kier alpha value is -1.23. The van der Waals surface area contributed by atoms with Crippen molar-refractivity contribution in [3.05, 3.63) is 40.4 Å². The first-order chi connectivity index (χ1) is 9.63. The highest BCUT2D eigenvalue weighted by Gasteiger charge is 2.13. The zero-order chi connectivity index (χ0) is 14.1. The summed E-state index contributed by atoms with van der Waals surface area (Å²) in [6.07, 6.45) is 0. The van der Waals surface area contributed by atoms with Crippen LogP contribution in [0.5, 0.6) is 11.5 Å². The summed E-state index contributed by atoms with van der Waals surface area (Å²) in [5.74, 6) is 1.52. The van der Waals surface area contributed by atoms with Gasteiger partial charge in [-0.1, -0.05) is 35.0 Å². The Morgan fingerprint density at radius 3 is 2.45 bits per heavy atom. The molecule has 2 aromatic rings. The van der Waals surface area contributed by atoms with Gasteiger partial charge in [0.2, 0.25) is 0 Å². The molecule has 0 amide bonds. The molecule has 20 heavy (non-hydrogen) atoms. The molecule has 104 valence electrons. The summed E-state index contributed by atoms with van der Waals surface area (Å²) in [5.41, 5.74) is 6.55. The first-order valence-electron chi connectivity index (χ1n) is 5.95. The Labute approximate surface area is 131 Å². The molecule has 1 heterocycles. The van der Waals surface area contributed by atoms with Gasteiger partial charge in [0, 0.05) is 15.5 Å². The van der Waals surface area contributed by atoms with Gasteiger partial charge in [-0.25, -0.2) is 0 Å². The predicted octanol–water partition coefficient (Wildman–Crippen LogP) is 4.50. The molecule has 0 saturated heterocycles. The maximum atomic E-state index is 6.02. The standard InChI is InChI=1S/C14H11Cl2NO2S/c15-9-6-11(17)14(7-10(9)16)20-8-1-2-12-13(5-8)19-4-3-18-12/h1-2,5-7H,3-4,17H2. The molecule has 0 saturated carbocycles. The number of hydrogen-bond acceptors (Lipinski definition) is 4. The van der Waals surface area contributed by atoms with E-state index in [1.54, 1.807) is 12.1 Å². The number of nitrogen functional groups attached to an aromatic ring is 1. The lowest BCUT2D eigenvalue weighted by Gasteiger charge is -2.18. The second-order valence-electron chi connectivity index (χ2n) is 4.21. The van der Waals surface area contributed by atoms with Crippen molar-refractivity contribution in [2.24, 2.45) is 0 Å². The third-order valence-electron chi connectivity index (χ3n) is 2.79. The SMILES string of the molecule is Nc1cc(Cl)c(Cl)cc1Sc1ccc2c(c1)OCCO2. The summed E-state index contributed by atoms with van der Waals surface area (Å²) >= 11 is 13.5. The van der Waals surface area contributed by atoms with Gasteiger partial charge >= 0.3 is 0 Å². The van der Waals surface area contributed by atoms with Crippen LogP contribution in [-0.4, -0.2) is 13.2 Å². The van der Waals surface area contributed by atoms with Crippen molar-refractivity contribution in [2.45, 2.75) is 9.79 Å². The van der Waals surface area contributed by atoms with E-state index in [0.29, 0.717) is 28.9 Å². The Balaban J connectivity index is 1.89. The summed E-state index contributed by atoms with van der Waals surface area (Å²) in [6.45, 7) is 1.15. The van der Waals surface area contributed by atoms with Crippen molar-refractivity contribution in [2.75, 3.05) is 18.9 Å². The Kier molecular flexibility index (Phi) is 3.87. The molecule has 0 unspecified atom stereocenters. The van der Waals surface area contributed by atoms with Gasteiger partial charge in [-0.15, -0.1) is 0 Å². The fraction of sp³-hybridized carbons (Fsp3) is 0.143. The van der Waals surface area contributed by atoms with Crippen LogP contribution in [0.2, 0.25) is 10.0 Å². The Morgan fingerprint density at radius 1 is 0.950 bits per heavy atom. The lowest BCUT2D eigenvalue weighted by atomic mass is 10.3. The maximum Gasteiger partial charge on any atom is 0.162 e. The van der Waals surface area contributed by atoms with Gasteiger partial charge in [0.25, 0.3) is 0 Å². The monoisotopic (exact) mass is 327 g/mol. The van der Waals surface area contributed by atoms with Crippen LogP contribution in [0.4, 0.5) is 5.69 Å². The molecule has 1 aliphatic rings. The fourth-order valence-corrected chi connectivity index (χ4v) is 3.16.